The van der Waals surface area contributed by atoms with E-state index in [4.69, 9.17) is 9.47 Å². The number of hydrogen-bond acceptors (Lipinski definition) is 5. The van der Waals surface area contributed by atoms with Gasteiger partial charge < -0.3 is 20.1 Å². The Labute approximate surface area is 149 Å². The molecule has 0 bridgehead atoms. The molecule has 0 radical (unpaired) electrons. The van der Waals surface area contributed by atoms with E-state index >= 15 is 0 Å². The van der Waals surface area contributed by atoms with Crippen LogP contribution in [0.2, 0.25) is 0 Å². The summed E-state index contributed by atoms with van der Waals surface area (Å²) in [5, 5.41) is 15.0. The molecule has 0 aliphatic rings. The number of nitriles is 1. The molecule has 0 saturated carbocycles. The molecule has 1 unspecified atom stereocenters. The number of carbonyl (C=O) groups is 1. The predicted octanol–water partition coefficient (Wildman–Crippen LogP) is 2.60. The summed E-state index contributed by atoms with van der Waals surface area (Å²) in [5.74, 6) is 0.400. The van der Waals surface area contributed by atoms with Crippen LogP contribution in [0.5, 0.6) is 5.75 Å². The number of ether oxygens (including phenoxy) is 2. The molecule has 1 aromatic rings. The van der Waals surface area contributed by atoms with Crippen molar-refractivity contribution in [3.63, 3.8) is 0 Å². The molecule has 0 saturated heterocycles. The van der Waals surface area contributed by atoms with Gasteiger partial charge in [0.25, 0.3) is 5.91 Å². The van der Waals surface area contributed by atoms with Gasteiger partial charge in [-0.1, -0.05) is 17.7 Å². The Balaban J connectivity index is 2.76. The zero-order valence-corrected chi connectivity index (χ0v) is 15.4. The molecule has 1 aromatic carbocycles. The summed E-state index contributed by atoms with van der Waals surface area (Å²) in [6.45, 7) is 7.51. The molecule has 0 aliphatic heterocycles. The highest BCUT2D eigenvalue weighted by Crippen LogP contribution is 2.26. The van der Waals surface area contributed by atoms with Crippen molar-refractivity contribution in [2.45, 2.75) is 33.2 Å². The lowest BCUT2D eigenvalue weighted by Gasteiger charge is -2.18. The number of rotatable bonds is 10. The fraction of sp³-hybridized carbons (Fsp3) is 0.474. The number of nitrogens with zero attached hydrogens (tertiary/aromatic N) is 1. The molecule has 6 nitrogen and oxygen atoms in total. The Bertz CT molecular complexity index is 635. The molecule has 1 amide bonds. The summed E-state index contributed by atoms with van der Waals surface area (Å²) < 4.78 is 10.6. The minimum absolute atomic E-state index is 0.0369. The van der Waals surface area contributed by atoms with Gasteiger partial charge >= 0.3 is 0 Å². The highest BCUT2D eigenvalue weighted by molar-refractivity contribution is 5.97. The van der Waals surface area contributed by atoms with Crippen molar-refractivity contribution in [3.8, 4) is 11.8 Å². The second kappa shape index (κ2) is 11.1. The first-order valence-electron chi connectivity index (χ1n) is 8.40. The minimum atomic E-state index is -0.396. The molecule has 0 spiro atoms. The Morgan fingerprint density at radius 1 is 1.44 bits per heavy atom. The Kier molecular flexibility index (Phi) is 9.12. The summed E-state index contributed by atoms with van der Waals surface area (Å²) in [7, 11) is 1.61. The Hall–Kier alpha value is -2.52. The molecular formula is C19H27N3O3. The van der Waals surface area contributed by atoms with Gasteiger partial charge in [0.15, 0.2) is 0 Å². The average molecular weight is 345 g/mol. The fourth-order valence-electron chi connectivity index (χ4n) is 2.25. The highest BCUT2D eigenvalue weighted by atomic mass is 16.5. The maximum absolute atomic E-state index is 12.0. The molecule has 0 aromatic heterocycles. The summed E-state index contributed by atoms with van der Waals surface area (Å²) in [5.41, 5.74) is 2.14. The van der Waals surface area contributed by atoms with Gasteiger partial charge in [0.05, 0.1) is 12.6 Å². The van der Waals surface area contributed by atoms with Gasteiger partial charge in [-0.2, -0.15) is 5.26 Å². The van der Waals surface area contributed by atoms with E-state index in [1.54, 1.807) is 7.11 Å². The van der Waals surface area contributed by atoms with E-state index in [-0.39, 0.29) is 11.6 Å². The number of methoxy groups -OCH3 is 1. The summed E-state index contributed by atoms with van der Waals surface area (Å²) >= 11 is 0. The number of aryl methyl sites for hydroxylation is 1. The fourth-order valence-corrected chi connectivity index (χ4v) is 2.25. The largest absolute Gasteiger partial charge is 0.494 e. The van der Waals surface area contributed by atoms with Crippen LogP contribution < -0.4 is 15.4 Å². The van der Waals surface area contributed by atoms with Gasteiger partial charge in [0.1, 0.15) is 17.4 Å². The summed E-state index contributed by atoms with van der Waals surface area (Å²) in [6, 6.07) is 7.78. The van der Waals surface area contributed by atoms with Crippen molar-refractivity contribution < 1.29 is 14.3 Å². The third-order valence-electron chi connectivity index (χ3n) is 3.59. The van der Waals surface area contributed by atoms with E-state index in [1.807, 2.05) is 45.0 Å². The third kappa shape index (κ3) is 6.86. The lowest BCUT2D eigenvalue weighted by molar-refractivity contribution is -0.117. The molecule has 0 fully saturated rings. The lowest BCUT2D eigenvalue weighted by atomic mass is 10.0. The van der Waals surface area contributed by atoms with E-state index in [0.29, 0.717) is 26.2 Å². The number of amides is 1. The van der Waals surface area contributed by atoms with Crippen LogP contribution in [-0.2, 0) is 9.53 Å². The second-order valence-electron chi connectivity index (χ2n) is 5.63. The van der Waals surface area contributed by atoms with Gasteiger partial charge in [0, 0.05) is 32.0 Å². The van der Waals surface area contributed by atoms with Crippen molar-refractivity contribution in [1.29, 1.82) is 5.26 Å². The average Bonchev–Trinajstić information content (AvgIpc) is 2.60. The van der Waals surface area contributed by atoms with E-state index < -0.39 is 5.91 Å². The molecule has 1 rings (SSSR count). The van der Waals surface area contributed by atoms with Crippen LogP contribution in [0.1, 0.15) is 37.4 Å². The Morgan fingerprint density at radius 2 is 2.20 bits per heavy atom. The van der Waals surface area contributed by atoms with Crippen LogP contribution in [-0.4, -0.2) is 32.8 Å². The van der Waals surface area contributed by atoms with Crippen molar-refractivity contribution >= 4 is 5.91 Å². The van der Waals surface area contributed by atoms with Crippen LogP contribution in [0.4, 0.5) is 0 Å². The quantitative estimate of drug-likeness (QED) is 0.387. The molecule has 0 heterocycles. The number of nitrogens with one attached hydrogen (secondary N) is 2. The predicted molar refractivity (Wildman–Crippen MR) is 97.1 cm³/mol. The zero-order valence-electron chi connectivity index (χ0n) is 15.4. The molecule has 25 heavy (non-hydrogen) atoms. The molecular weight excluding hydrogens is 318 g/mol. The second-order valence-corrected chi connectivity index (χ2v) is 5.63. The normalized spacial score (nSPS) is 12.2. The first kappa shape index (κ1) is 20.5. The summed E-state index contributed by atoms with van der Waals surface area (Å²) in [6.07, 6.45) is 2.15. The van der Waals surface area contributed by atoms with Crippen LogP contribution in [0.25, 0.3) is 0 Å². The zero-order chi connectivity index (χ0) is 18.7. The van der Waals surface area contributed by atoms with Gasteiger partial charge in [-0.15, -0.1) is 0 Å². The van der Waals surface area contributed by atoms with Gasteiger partial charge in [-0.3, -0.25) is 4.79 Å². The topological polar surface area (TPSA) is 83.4 Å². The monoisotopic (exact) mass is 345 g/mol. The van der Waals surface area contributed by atoms with Gasteiger partial charge in [-0.05, 0) is 33.3 Å². The molecule has 136 valence electrons. The van der Waals surface area contributed by atoms with Crippen molar-refractivity contribution in [3.05, 3.63) is 41.1 Å². The maximum atomic E-state index is 12.0. The standard InChI is InChI=1S/C19H27N3O3/c1-5-25-18-8-7-14(2)11-17(18)15(3)22-13-16(12-20)19(23)21-9-6-10-24-4/h7-8,11,13,15,22H,5-6,9-10H2,1-4H3,(H,21,23)/b16-13-. The van der Waals surface area contributed by atoms with Crippen LogP contribution >= 0.6 is 0 Å². The van der Waals surface area contributed by atoms with E-state index in [9.17, 15) is 10.1 Å². The van der Waals surface area contributed by atoms with Crippen molar-refractivity contribution in [2.75, 3.05) is 26.9 Å². The van der Waals surface area contributed by atoms with E-state index in [1.165, 1.54) is 6.20 Å². The first-order chi connectivity index (χ1) is 12.0. The number of carbonyl (C=O) groups excluding carboxylic acids is 1. The molecule has 2 N–H and O–H groups in total. The van der Waals surface area contributed by atoms with Crippen molar-refractivity contribution in [2.24, 2.45) is 0 Å². The number of hydrogen-bond donors (Lipinski definition) is 2. The molecule has 6 heteroatoms. The molecule has 0 aliphatic carbocycles. The van der Waals surface area contributed by atoms with Crippen LogP contribution in [0, 0.1) is 18.3 Å². The van der Waals surface area contributed by atoms with E-state index in [2.05, 4.69) is 10.6 Å². The first-order valence-corrected chi connectivity index (χ1v) is 8.40. The Morgan fingerprint density at radius 3 is 2.84 bits per heavy atom. The maximum Gasteiger partial charge on any atom is 0.263 e. The van der Waals surface area contributed by atoms with Gasteiger partial charge in [-0.25, -0.2) is 0 Å². The third-order valence-corrected chi connectivity index (χ3v) is 3.59. The lowest BCUT2D eigenvalue weighted by Crippen LogP contribution is -2.27. The minimum Gasteiger partial charge on any atom is -0.494 e. The molecule has 1 atom stereocenters. The van der Waals surface area contributed by atoms with Crippen LogP contribution in [0.15, 0.2) is 30.0 Å². The summed E-state index contributed by atoms with van der Waals surface area (Å²) in [4.78, 5) is 12.0. The highest BCUT2D eigenvalue weighted by Gasteiger charge is 2.13. The van der Waals surface area contributed by atoms with E-state index in [0.717, 1.165) is 16.9 Å². The van der Waals surface area contributed by atoms with Crippen LogP contribution in [0.3, 0.4) is 0 Å². The van der Waals surface area contributed by atoms with Crippen molar-refractivity contribution in [1.82, 2.24) is 10.6 Å². The van der Waals surface area contributed by atoms with Gasteiger partial charge in [0.2, 0.25) is 0 Å². The SMILES string of the molecule is CCOc1ccc(C)cc1C(C)N/C=C(/C#N)C(=O)NCCCOC. The smallest absolute Gasteiger partial charge is 0.263 e. The number of benzene rings is 1.